The summed E-state index contributed by atoms with van der Waals surface area (Å²) < 4.78 is 0. The van der Waals surface area contributed by atoms with Gasteiger partial charge in [-0.1, -0.05) is 12.1 Å². The molecular weight excluding hydrogens is 444 g/mol. The van der Waals surface area contributed by atoms with Gasteiger partial charge in [-0.3, -0.25) is 4.90 Å². The number of piperazine rings is 1. The molecule has 2 aromatic carbocycles. The minimum atomic E-state index is 0.417. The van der Waals surface area contributed by atoms with Crippen LogP contribution in [0.25, 0.3) is 22.2 Å². The van der Waals surface area contributed by atoms with E-state index >= 15 is 0 Å². The Bertz CT molecular complexity index is 1240. The molecule has 188 valence electrons. The summed E-state index contributed by atoms with van der Waals surface area (Å²) in [5, 5.41) is 14.3. The van der Waals surface area contributed by atoms with Crippen molar-refractivity contribution in [3.8, 4) is 17.3 Å². The van der Waals surface area contributed by atoms with Crippen LogP contribution in [-0.2, 0) is 0 Å². The molecule has 0 radical (unpaired) electrons. The molecule has 2 aliphatic heterocycles. The van der Waals surface area contributed by atoms with E-state index < -0.39 is 0 Å². The molecule has 3 aromatic rings. The van der Waals surface area contributed by atoms with Crippen LogP contribution in [0.5, 0.6) is 0 Å². The minimum Gasteiger partial charge on any atom is -0.371 e. The van der Waals surface area contributed by atoms with E-state index in [-0.39, 0.29) is 0 Å². The lowest BCUT2D eigenvalue weighted by molar-refractivity contribution is -0.0151. The van der Waals surface area contributed by atoms with E-state index in [0.29, 0.717) is 17.1 Å². The summed E-state index contributed by atoms with van der Waals surface area (Å²) in [5.41, 5.74) is 5.79. The highest BCUT2D eigenvalue weighted by molar-refractivity contribution is 5.87. The lowest BCUT2D eigenvalue weighted by Gasteiger charge is -2.53. The van der Waals surface area contributed by atoms with Gasteiger partial charge in [0.2, 0.25) is 0 Å². The molecule has 6 rings (SSSR count). The van der Waals surface area contributed by atoms with Crippen molar-refractivity contribution in [3.63, 3.8) is 0 Å². The number of rotatable bonds is 6. The Hall–Kier alpha value is -2.85. The van der Waals surface area contributed by atoms with Gasteiger partial charge in [0.05, 0.1) is 11.6 Å². The number of benzene rings is 2. The zero-order chi connectivity index (χ0) is 24.5. The summed E-state index contributed by atoms with van der Waals surface area (Å²) >= 11 is 0. The van der Waals surface area contributed by atoms with Crippen LogP contribution in [-0.4, -0.2) is 79.2 Å². The normalized spacial score (nSPS) is 21.4. The molecule has 6 heteroatoms. The molecule has 0 atom stereocenters. The highest BCUT2D eigenvalue weighted by atomic mass is 15.3. The Kier molecular flexibility index (Phi) is 6.47. The molecule has 3 fully saturated rings. The second kappa shape index (κ2) is 9.89. The van der Waals surface area contributed by atoms with E-state index in [9.17, 15) is 5.26 Å². The second-order valence-electron chi connectivity index (χ2n) is 11.2. The lowest BCUT2D eigenvalue weighted by atomic mass is 9.74. The van der Waals surface area contributed by atoms with Gasteiger partial charge in [-0.15, -0.1) is 0 Å². The van der Waals surface area contributed by atoms with Gasteiger partial charge in [0, 0.05) is 79.7 Å². The van der Waals surface area contributed by atoms with Crippen molar-refractivity contribution >= 4 is 16.6 Å². The number of aromatic amines is 1. The molecule has 2 N–H and O–H groups in total. The number of hydrogen-bond donors (Lipinski definition) is 2. The van der Waals surface area contributed by atoms with Gasteiger partial charge in [0.1, 0.15) is 0 Å². The average molecular weight is 483 g/mol. The first kappa shape index (κ1) is 23.5. The predicted octanol–water partition coefficient (Wildman–Crippen LogP) is 4.44. The molecule has 36 heavy (non-hydrogen) atoms. The van der Waals surface area contributed by atoms with Gasteiger partial charge in [0.25, 0.3) is 0 Å². The minimum absolute atomic E-state index is 0.417. The Morgan fingerprint density at radius 2 is 1.81 bits per heavy atom. The molecule has 3 aliphatic rings. The summed E-state index contributed by atoms with van der Waals surface area (Å²) in [6, 6.07) is 19.7. The summed E-state index contributed by atoms with van der Waals surface area (Å²) in [6.45, 7) is 8.22. The molecule has 6 nitrogen and oxygen atoms in total. The number of anilines is 1. The summed E-state index contributed by atoms with van der Waals surface area (Å²) in [4.78, 5) is 11.3. The van der Waals surface area contributed by atoms with Gasteiger partial charge < -0.3 is 20.1 Å². The van der Waals surface area contributed by atoms with E-state index in [1.807, 2.05) is 18.2 Å². The average Bonchev–Trinajstić information content (AvgIpc) is 3.33. The van der Waals surface area contributed by atoms with Crippen molar-refractivity contribution in [1.29, 1.82) is 5.26 Å². The van der Waals surface area contributed by atoms with Crippen molar-refractivity contribution in [2.45, 2.75) is 43.7 Å². The van der Waals surface area contributed by atoms with Crippen LogP contribution in [0.3, 0.4) is 0 Å². The van der Waals surface area contributed by atoms with Crippen molar-refractivity contribution in [2.24, 2.45) is 0 Å². The zero-order valence-electron chi connectivity index (χ0n) is 21.5. The van der Waals surface area contributed by atoms with Crippen LogP contribution in [0, 0.1) is 11.3 Å². The van der Waals surface area contributed by atoms with Crippen LogP contribution < -0.4 is 10.2 Å². The van der Waals surface area contributed by atoms with Crippen molar-refractivity contribution < 1.29 is 0 Å². The molecule has 0 spiro atoms. The van der Waals surface area contributed by atoms with E-state index in [4.69, 9.17) is 0 Å². The van der Waals surface area contributed by atoms with Gasteiger partial charge in [-0.2, -0.15) is 5.26 Å². The molecule has 2 saturated heterocycles. The molecule has 1 saturated carbocycles. The molecule has 1 aromatic heterocycles. The summed E-state index contributed by atoms with van der Waals surface area (Å²) in [7, 11) is 2.25. The van der Waals surface area contributed by atoms with Crippen molar-refractivity contribution in [2.75, 3.05) is 57.8 Å². The van der Waals surface area contributed by atoms with Crippen molar-refractivity contribution in [3.05, 3.63) is 54.1 Å². The quantitative estimate of drug-likeness (QED) is 0.544. The Balaban J connectivity index is 1.06. The molecule has 3 heterocycles. The van der Waals surface area contributed by atoms with E-state index in [2.05, 4.69) is 68.4 Å². The molecule has 0 amide bonds. The number of hydrogen-bond acceptors (Lipinski definition) is 5. The molecule has 0 unspecified atom stereocenters. The maximum absolute atomic E-state index is 9.20. The number of fused-ring (bicyclic) bond motifs is 1. The number of aromatic nitrogens is 1. The number of nitriles is 1. The monoisotopic (exact) mass is 482 g/mol. The highest BCUT2D eigenvalue weighted by Crippen LogP contribution is 2.38. The van der Waals surface area contributed by atoms with Gasteiger partial charge >= 0.3 is 0 Å². The maximum Gasteiger partial charge on any atom is 0.0991 e. The second-order valence-corrected chi connectivity index (χ2v) is 11.2. The summed E-state index contributed by atoms with van der Waals surface area (Å²) in [6.07, 6.45) is 6.51. The predicted molar refractivity (Wildman–Crippen MR) is 147 cm³/mol. The van der Waals surface area contributed by atoms with Gasteiger partial charge in [-0.25, -0.2) is 0 Å². The van der Waals surface area contributed by atoms with Crippen LogP contribution in [0.1, 0.15) is 37.7 Å². The first-order chi connectivity index (χ1) is 17.6. The van der Waals surface area contributed by atoms with Gasteiger partial charge in [-0.05, 0) is 81.1 Å². The molecule has 1 aliphatic carbocycles. The standard InChI is InChI=1S/C30H38N6/c1-34-14-16-36(17-15-34)30(10-3-11-30)22-32-26-8-12-35(13-9-26)27-5-2-4-24(19-27)29-20-25-18-23(21-31)6-7-28(25)33-29/h2,4-7,18-20,26,32-33H,3,8-17,22H2,1H3. The fourth-order valence-corrected chi connectivity index (χ4v) is 6.37. The first-order valence-electron chi connectivity index (χ1n) is 13.7. The summed E-state index contributed by atoms with van der Waals surface area (Å²) in [5.74, 6) is 0. The van der Waals surface area contributed by atoms with E-state index in [1.165, 1.54) is 69.5 Å². The number of piperidine rings is 1. The van der Waals surface area contributed by atoms with Crippen LogP contribution in [0.15, 0.2) is 48.5 Å². The third-order valence-electron chi connectivity index (χ3n) is 8.95. The maximum atomic E-state index is 9.20. The first-order valence-corrected chi connectivity index (χ1v) is 13.7. The number of likely N-dealkylation sites (N-methyl/N-ethyl adjacent to an activating group) is 1. The smallest absolute Gasteiger partial charge is 0.0991 e. The highest BCUT2D eigenvalue weighted by Gasteiger charge is 2.43. The van der Waals surface area contributed by atoms with Crippen LogP contribution in [0.4, 0.5) is 5.69 Å². The Labute approximate surface area is 214 Å². The number of H-pyrrole nitrogens is 1. The largest absolute Gasteiger partial charge is 0.371 e. The van der Waals surface area contributed by atoms with E-state index in [0.717, 1.165) is 36.2 Å². The SMILES string of the molecule is CN1CCN(C2(CNC3CCN(c4cccc(-c5cc6cc(C#N)ccc6[nH]5)c4)CC3)CCC2)CC1. The fourth-order valence-electron chi connectivity index (χ4n) is 6.37. The topological polar surface area (TPSA) is 61.3 Å². The van der Waals surface area contributed by atoms with E-state index in [1.54, 1.807) is 0 Å². The third-order valence-corrected chi connectivity index (χ3v) is 8.95. The van der Waals surface area contributed by atoms with Crippen LogP contribution in [0.2, 0.25) is 0 Å². The fraction of sp³-hybridized carbons (Fsp3) is 0.500. The molecule has 0 bridgehead atoms. The Morgan fingerprint density at radius 3 is 2.53 bits per heavy atom. The van der Waals surface area contributed by atoms with Gasteiger partial charge in [0.15, 0.2) is 0 Å². The molecular formula is C30H38N6. The third kappa shape index (κ3) is 4.64. The zero-order valence-corrected chi connectivity index (χ0v) is 21.5. The van der Waals surface area contributed by atoms with Crippen molar-refractivity contribution in [1.82, 2.24) is 20.1 Å². The number of nitrogens with one attached hydrogen (secondary N) is 2. The number of nitrogens with zero attached hydrogens (tertiary/aromatic N) is 4. The lowest BCUT2D eigenvalue weighted by Crippen LogP contribution is -2.64. The Morgan fingerprint density at radius 1 is 1.00 bits per heavy atom. The van der Waals surface area contributed by atoms with Crippen LogP contribution >= 0.6 is 0 Å².